The number of ether oxygens (including phenoxy) is 2. The fourth-order valence-corrected chi connectivity index (χ4v) is 3.18. The second-order valence-corrected chi connectivity index (χ2v) is 7.03. The molecule has 2 aromatic rings. The molecule has 0 aliphatic rings. The molecule has 0 bridgehead atoms. The monoisotopic (exact) mass is 359 g/mol. The van der Waals surface area contributed by atoms with Gasteiger partial charge in [-0.25, -0.2) is 4.99 Å². The van der Waals surface area contributed by atoms with Crippen LogP contribution in [0.3, 0.4) is 0 Å². The molecule has 2 aromatic carbocycles. The minimum atomic E-state index is 0.386. The van der Waals surface area contributed by atoms with Gasteiger partial charge in [0.25, 0.3) is 0 Å². The molecule has 0 saturated carbocycles. The highest BCUT2D eigenvalue weighted by Gasteiger charge is 2.06. The van der Waals surface area contributed by atoms with Crippen molar-refractivity contribution in [3.8, 4) is 11.5 Å². The van der Waals surface area contributed by atoms with Crippen molar-refractivity contribution < 1.29 is 9.47 Å². The molecule has 0 radical (unpaired) electrons. The Morgan fingerprint density at radius 1 is 1.12 bits per heavy atom. The zero-order valence-electron chi connectivity index (χ0n) is 14.9. The number of nitrogens with one attached hydrogen (secondary N) is 1. The van der Waals surface area contributed by atoms with Crippen LogP contribution >= 0.6 is 11.8 Å². The summed E-state index contributed by atoms with van der Waals surface area (Å²) in [4.78, 5) is 5.63. The average Bonchev–Trinajstić information content (AvgIpc) is 2.65. The predicted octanol–water partition coefficient (Wildman–Crippen LogP) is 3.29. The van der Waals surface area contributed by atoms with Crippen LogP contribution in [0.1, 0.15) is 12.5 Å². The van der Waals surface area contributed by atoms with Crippen LogP contribution in [0.5, 0.6) is 11.5 Å². The Hall–Kier alpha value is -2.34. The molecule has 2 rings (SSSR count). The molecule has 0 spiro atoms. The Bertz CT molecular complexity index is 692. The van der Waals surface area contributed by atoms with E-state index < -0.39 is 0 Å². The van der Waals surface area contributed by atoms with Crippen LogP contribution in [0, 0.1) is 0 Å². The molecule has 0 aromatic heterocycles. The van der Waals surface area contributed by atoms with Gasteiger partial charge in [0, 0.05) is 16.7 Å². The van der Waals surface area contributed by atoms with Gasteiger partial charge in [-0.2, -0.15) is 0 Å². The van der Waals surface area contributed by atoms with Crippen LogP contribution < -0.4 is 20.5 Å². The zero-order chi connectivity index (χ0) is 18.1. The smallest absolute Gasteiger partial charge is 0.188 e. The van der Waals surface area contributed by atoms with Crippen molar-refractivity contribution in [2.24, 2.45) is 10.7 Å². The summed E-state index contributed by atoms with van der Waals surface area (Å²) in [6.07, 6.45) is 0. The first kappa shape index (κ1) is 19.0. The third kappa shape index (κ3) is 6.23. The molecular weight excluding hydrogens is 334 g/mol. The van der Waals surface area contributed by atoms with Crippen LogP contribution in [0.25, 0.3) is 0 Å². The number of aliphatic imine (C=N–C) groups is 1. The number of rotatable bonds is 8. The Kier molecular flexibility index (Phi) is 7.47. The maximum absolute atomic E-state index is 5.96. The van der Waals surface area contributed by atoms with Crippen molar-refractivity contribution in [2.45, 2.75) is 23.6 Å². The van der Waals surface area contributed by atoms with Gasteiger partial charge in [0.05, 0.1) is 20.8 Å². The maximum Gasteiger partial charge on any atom is 0.188 e. The SMILES string of the molecule is COc1ccc(CN=C(N)NCC(C)Sc2ccccc2)cc1OC. The van der Waals surface area contributed by atoms with Gasteiger partial charge >= 0.3 is 0 Å². The lowest BCUT2D eigenvalue weighted by Crippen LogP contribution is -2.35. The maximum atomic E-state index is 5.96. The summed E-state index contributed by atoms with van der Waals surface area (Å²) in [6.45, 7) is 3.40. The Morgan fingerprint density at radius 2 is 1.84 bits per heavy atom. The van der Waals surface area contributed by atoms with E-state index >= 15 is 0 Å². The van der Waals surface area contributed by atoms with E-state index in [1.807, 2.05) is 36.4 Å². The fraction of sp³-hybridized carbons (Fsp3) is 0.316. The van der Waals surface area contributed by atoms with Crippen molar-refractivity contribution >= 4 is 17.7 Å². The Balaban J connectivity index is 1.83. The van der Waals surface area contributed by atoms with E-state index in [4.69, 9.17) is 15.2 Å². The van der Waals surface area contributed by atoms with Gasteiger partial charge in [0.2, 0.25) is 0 Å². The minimum Gasteiger partial charge on any atom is -0.493 e. The van der Waals surface area contributed by atoms with Crippen molar-refractivity contribution in [3.05, 3.63) is 54.1 Å². The van der Waals surface area contributed by atoms with Gasteiger partial charge < -0.3 is 20.5 Å². The van der Waals surface area contributed by atoms with Crippen molar-refractivity contribution in [1.82, 2.24) is 5.32 Å². The predicted molar refractivity (Wildman–Crippen MR) is 105 cm³/mol. The second-order valence-electron chi connectivity index (χ2n) is 5.51. The first-order valence-corrected chi connectivity index (χ1v) is 8.96. The standard InChI is InChI=1S/C19H25N3O2S/c1-14(25-16-7-5-4-6-8-16)12-21-19(20)22-13-15-9-10-17(23-2)18(11-15)24-3/h4-11,14H,12-13H2,1-3H3,(H3,20,21,22). The molecule has 3 N–H and O–H groups in total. The van der Waals surface area contributed by atoms with E-state index in [1.54, 1.807) is 26.0 Å². The quantitative estimate of drug-likeness (QED) is 0.430. The number of nitrogens with two attached hydrogens (primary N) is 1. The van der Waals surface area contributed by atoms with Crippen LogP contribution in [-0.4, -0.2) is 32.0 Å². The van der Waals surface area contributed by atoms with E-state index in [1.165, 1.54) is 4.90 Å². The van der Waals surface area contributed by atoms with Crippen LogP contribution in [-0.2, 0) is 6.54 Å². The van der Waals surface area contributed by atoms with E-state index in [0.717, 1.165) is 12.1 Å². The van der Waals surface area contributed by atoms with Crippen molar-refractivity contribution in [3.63, 3.8) is 0 Å². The van der Waals surface area contributed by atoms with E-state index in [2.05, 4.69) is 29.4 Å². The molecule has 1 unspecified atom stereocenters. The zero-order valence-corrected chi connectivity index (χ0v) is 15.7. The highest BCUT2D eigenvalue weighted by Crippen LogP contribution is 2.27. The highest BCUT2D eigenvalue weighted by atomic mass is 32.2. The lowest BCUT2D eigenvalue weighted by Gasteiger charge is -2.13. The number of hydrogen-bond donors (Lipinski definition) is 2. The topological polar surface area (TPSA) is 68.9 Å². The number of methoxy groups -OCH3 is 2. The van der Waals surface area contributed by atoms with E-state index in [-0.39, 0.29) is 0 Å². The summed E-state index contributed by atoms with van der Waals surface area (Å²) >= 11 is 1.81. The summed E-state index contributed by atoms with van der Waals surface area (Å²) in [5.74, 6) is 1.83. The first-order chi connectivity index (χ1) is 12.1. The van der Waals surface area contributed by atoms with Gasteiger partial charge in [-0.05, 0) is 29.8 Å². The van der Waals surface area contributed by atoms with Gasteiger partial charge in [0.1, 0.15) is 0 Å². The highest BCUT2D eigenvalue weighted by molar-refractivity contribution is 8.00. The molecule has 25 heavy (non-hydrogen) atoms. The van der Waals surface area contributed by atoms with Gasteiger partial charge in [-0.15, -0.1) is 11.8 Å². The van der Waals surface area contributed by atoms with Crippen LogP contribution in [0.15, 0.2) is 58.4 Å². The van der Waals surface area contributed by atoms with Crippen molar-refractivity contribution in [1.29, 1.82) is 0 Å². The lowest BCUT2D eigenvalue weighted by atomic mass is 10.2. The third-order valence-electron chi connectivity index (χ3n) is 3.53. The summed E-state index contributed by atoms with van der Waals surface area (Å²) in [6, 6.07) is 16.0. The summed E-state index contributed by atoms with van der Waals surface area (Å²) in [5.41, 5.74) is 6.97. The Morgan fingerprint density at radius 3 is 2.52 bits per heavy atom. The number of guanidine groups is 1. The first-order valence-electron chi connectivity index (χ1n) is 8.08. The molecule has 0 saturated heterocycles. The Labute approximate surface area is 153 Å². The lowest BCUT2D eigenvalue weighted by molar-refractivity contribution is 0.354. The largest absolute Gasteiger partial charge is 0.493 e. The molecular formula is C19H25N3O2S. The molecule has 0 aliphatic carbocycles. The van der Waals surface area contributed by atoms with E-state index in [9.17, 15) is 0 Å². The van der Waals surface area contributed by atoms with Crippen LogP contribution in [0.4, 0.5) is 0 Å². The summed E-state index contributed by atoms with van der Waals surface area (Å²) in [5, 5.41) is 3.56. The number of benzene rings is 2. The molecule has 0 amide bonds. The molecule has 0 heterocycles. The molecule has 134 valence electrons. The van der Waals surface area contributed by atoms with Crippen molar-refractivity contribution in [2.75, 3.05) is 20.8 Å². The van der Waals surface area contributed by atoms with Crippen LogP contribution in [0.2, 0.25) is 0 Å². The van der Waals surface area contributed by atoms with Gasteiger partial charge in [-0.1, -0.05) is 31.2 Å². The van der Waals surface area contributed by atoms with Gasteiger partial charge in [0.15, 0.2) is 17.5 Å². The third-order valence-corrected chi connectivity index (χ3v) is 4.64. The average molecular weight is 359 g/mol. The molecule has 1 atom stereocenters. The summed E-state index contributed by atoms with van der Waals surface area (Å²) < 4.78 is 10.5. The molecule has 6 heteroatoms. The fourth-order valence-electron chi connectivity index (χ4n) is 2.23. The second kappa shape index (κ2) is 9.84. The molecule has 5 nitrogen and oxygen atoms in total. The molecule has 0 fully saturated rings. The van der Waals surface area contributed by atoms with Gasteiger partial charge in [-0.3, -0.25) is 0 Å². The number of hydrogen-bond acceptors (Lipinski definition) is 4. The van der Waals surface area contributed by atoms with E-state index in [0.29, 0.717) is 29.3 Å². The number of thioether (sulfide) groups is 1. The minimum absolute atomic E-state index is 0.386. The molecule has 0 aliphatic heterocycles. The number of nitrogens with zero attached hydrogens (tertiary/aromatic N) is 1. The normalized spacial score (nSPS) is 12.5. The summed E-state index contributed by atoms with van der Waals surface area (Å²) in [7, 11) is 3.23.